The lowest BCUT2D eigenvalue weighted by Crippen LogP contribution is -2.60. The van der Waals surface area contributed by atoms with Gasteiger partial charge in [0.25, 0.3) is 0 Å². The van der Waals surface area contributed by atoms with E-state index in [0.29, 0.717) is 12.8 Å². The number of imidazole rings is 1. The van der Waals surface area contributed by atoms with Crippen LogP contribution in [-0.2, 0) is 44.6 Å². The number of aliphatic hydroxyl groups excluding tert-OH is 1. The van der Waals surface area contributed by atoms with Crippen LogP contribution in [0.1, 0.15) is 93.9 Å². The Morgan fingerprint density at radius 2 is 1.63 bits per heavy atom. The number of hydrogen-bond donors (Lipinski definition) is 2. The van der Waals surface area contributed by atoms with Gasteiger partial charge in [-0.3, -0.25) is 14.4 Å². The van der Waals surface area contributed by atoms with Gasteiger partial charge in [-0.25, -0.2) is 4.98 Å². The molecule has 13 heteroatoms. The van der Waals surface area contributed by atoms with Crippen molar-refractivity contribution in [2.45, 2.75) is 155 Å². The number of methoxy groups -OCH3 is 1. The number of likely N-dealkylation sites (N-methyl/N-ethyl adjacent to an activating group) is 1. The van der Waals surface area contributed by atoms with E-state index in [0.717, 1.165) is 30.6 Å². The number of cyclic esters (lactones) is 1. The Hall–Kier alpha value is -3.04. The lowest BCUT2D eigenvalue weighted by atomic mass is 9.74. The summed E-state index contributed by atoms with van der Waals surface area (Å²) in [6, 6.07) is 9.75. The van der Waals surface area contributed by atoms with Gasteiger partial charge >= 0.3 is 5.97 Å². The van der Waals surface area contributed by atoms with E-state index in [2.05, 4.69) is 9.55 Å². The second-order valence-electron chi connectivity index (χ2n) is 17.1. The van der Waals surface area contributed by atoms with E-state index in [-0.39, 0.29) is 37.4 Å². The van der Waals surface area contributed by atoms with Crippen LogP contribution in [0.3, 0.4) is 0 Å². The summed E-state index contributed by atoms with van der Waals surface area (Å²) in [6.45, 7) is 14.7. The van der Waals surface area contributed by atoms with Gasteiger partial charge < -0.3 is 43.4 Å². The van der Waals surface area contributed by atoms with Crippen LogP contribution in [0.2, 0.25) is 0 Å². The summed E-state index contributed by atoms with van der Waals surface area (Å²) in [6.07, 6.45) is 1.64. The smallest absolute Gasteiger partial charge is 0.316 e. The number of benzene rings is 1. The van der Waals surface area contributed by atoms with Gasteiger partial charge in [-0.15, -0.1) is 0 Å². The van der Waals surface area contributed by atoms with E-state index >= 15 is 0 Å². The van der Waals surface area contributed by atoms with Gasteiger partial charge in [0, 0.05) is 55.8 Å². The van der Waals surface area contributed by atoms with Crippen LogP contribution in [0, 0.1) is 23.7 Å². The highest BCUT2D eigenvalue weighted by atomic mass is 16.7. The van der Waals surface area contributed by atoms with Gasteiger partial charge in [0.05, 0.1) is 35.9 Å². The SMILES string of the molecule is CC[C@H]1OC(=O)[C@H](C)C(=O)[C@H](C)[C@@H](O[C@@H]2O[C@H](C)C[C@H](N(C)C)[C@H]2O)[C@@](C)(OC)C[C@@H](C)C(=O)[C@H](C)C(OCCCCCn2cnc(-c3ccccc3)c2)[C@]1(C)O. The maximum atomic E-state index is 14.4. The number of esters is 1. The molecular formula is C44H69N3O10. The van der Waals surface area contributed by atoms with Crippen LogP contribution in [0.4, 0.5) is 0 Å². The van der Waals surface area contributed by atoms with Crippen molar-refractivity contribution in [1.29, 1.82) is 0 Å². The van der Waals surface area contributed by atoms with Crippen molar-refractivity contribution in [3.8, 4) is 11.3 Å². The molecule has 2 fully saturated rings. The van der Waals surface area contributed by atoms with E-state index in [1.54, 1.807) is 41.5 Å². The average Bonchev–Trinajstić information content (AvgIpc) is 3.66. The first kappa shape index (κ1) is 46.6. The lowest BCUT2D eigenvalue weighted by Gasteiger charge is -2.47. The third-order valence-corrected chi connectivity index (χ3v) is 12.3. The summed E-state index contributed by atoms with van der Waals surface area (Å²) < 4.78 is 33.3. The quantitative estimate of drug-likeness (QED) is 0.150. The number of Topliss-reactive ketones (excluding diaryl/α,β-unsaturated/α-hetero) is 2. The van der Waals surface area contributed by atoms with E-state index in [9.17, 15) is 24.6 Å². The first-order valence-electron chi connectivity index (χ1n) is 20.8. The fourth-order valence-electron chi connectivity index (χ4n) is 8.76. The minimum Gasteiger partial charge on any atom is -0.459 e. The number of unbranched alkanes of at least 4 members (excludes halogenated alkanes) is 2. The van der Waals surface area contributed by atoms with E-state index in [1.807, 2.05) is 68.8 Å². The average molecular weight is 800 g/mol. The fraction of sp³-hybridized carbons (Fsp3) is 0.727. The van der Waals surface area contributed by atoms with E-state index in [1.165, 1.54) is 14.0 Å². The molecule has 0 spiro atoms. The van der Waals surface area contributed by atoms with Crippen LogP contribution in [0.15, 0.2) is 42.9 Å². The number of aliphatic hydroxyl groups is 2. The number of aromatic nitrogens is 2. The predicted molar refractivity (Wildman–Crippen MR) is 216 cm³/mol. The van der Waals surface area contributed by atoms with Crippen molar-refractivity contribution in [2.75, 3.05) is 27.8 Å². The summed E-state index contributed by atoms with van der Waals surface area (Å²) in [5.74, 6) is -5.06. The number of ether oxygens (including phenoxy) is 5. The number of nitrogens with zero attached hydrogens (tertiary/aromatic N) is 3. The zero-order valence-corrected chi connectivity index (χ0v) is 36.1. The Morgan fingerprint density at radius 3 is 2.26 bits per heavy atom. The maximum absolute atomic E-state index is 14.4. The molecule has 320 valence electrons. The minimum absolute atomic E-state index is 0.134. The highest BCUT2D eigenvalue weighted by molar-refractivity contribution is 6.00. The molecule has 2 N–H and O–H groups in total. The Bertz CT molecular complexity index is 1600. The summed E-state index contributed by atoms with van der Waals surface area (Å²) in [7, 11) is 5.25. The second-order valence-corrected chi connectivity index (χ2v) is 17.1. The molecule has 2 aliphatic heterocycles. The monoisotopic (exact) mass is 799 g/mol. The number of carbonyl (C=O) groups excluding carboxylic acids is 3. The highest BCUT2D eigenvalue weighted by Crippen LogP contribution is 2.39. The Morgan fingerprint density at radius 1 is 0.965 bits per heavy atom. The third kappa shape index (κ3) is 11.2. The molecule has 13 atom stereocenters. The standard InChI is InChI=1S/C44H69N3O10/c1-12-35-44(8,52)40(54-22-18-14-17-21-47-25-33(45-26-47)32-19-15-13-16-20-32)29(4)36(48)27(2)24-43(7,53-11)39(30(5)37(49)31(6)41(51)56-35)57-42-38(50)34(46(9)10)23-28(3)55-42/h13,15-16,19-20,25-31,34-35,38-40,42,50,52H,12,14,17-18,21-24H2,1-11H3/t27-,28-,29+,30+,31-,34+,35-,38-,39-,40?,42+,43+,44-/m1/s1. The van der Waals surface area contributed by atoms with Gasteiger partial charge in [-0.05, 0) is 80.3 Å². The van der Waals surface area contributed by atoms with Gasteiger partial charge in [0.1, 0.15) is 29.5 Å². The van der Waals surface area contributed by atoms with Crippen molar-refractivity contribution >= 4 is 17.5 Å². The molecule has 2 aromatic rings. The van der Waals surface area contributed by atoms with Crippen molar-refractivity contribution in [3.63, 3.8) is 0 Å². The molecule has 3 heterocycles. The molecule has 57 heavy (non-hydrogen) atoms. The molecule has 1 unspecified atom stereocenters. The number of carbonyl (C=O) groups is 3. The fourth-order valence-corrected chi connectivity index (χ4v) is 8.76. The van der Waals surface area contributed by atoms with E-state index in [4.69, 9.17) is 23.7 Å². The zero-order valence-electron chi connectivity index (χ0n) is 36.1. The highest BCUT2D eigenvalue weighted by Gasteiger charge is 2.52. The van der Waals surface area contributed by atoms with E-state index < -0.39 is 77.3 Å². The second kappa shape index (κ2) is 20.3. The third-order valence-electron chi connectivity index (χ3n) is 12.3. The van der Waals surface area contributed by atoms with Crippen molar-refractivity contribution in [2.24, 2.45) is 23.7 Å². The van der Waals surface area contributed by atoms with Gasteiger partial charge in [-0.1, -0.05) is 58.0 Å². The molecule has 0 radical (unpaired) electrons. The van der Waals surface area contributed by atoms with Crippen LogP contribution < -0.4 is 0 Å². The molecule has 4 rings (SSSR count). The summed E-state index contributed by atoms with van der Waals surface area (Å²) in [5, 5.41) is 23.6. The van der Waals surface area contributed by atoms with Crippen molar-refractivity contribution in [1.82, 2.24) is 14.5 Å². The summed E-state index contributed by atoms with van der Waals surface area (Å²) >= 11 is 0. The van der Waals surface area contributed by atoms with Crippen LogP contribution in [-0.4, -0.2) is 124 Å². The summed E-state index contributed by atoms with van der Waals surface area (Å²) in [4.78, 5) is 48.9. The topological polar surface area (TPSA) is 159 Å². The van der Waals surface area contributed by atoms with Gasteiger partial charge in [-0.2, -0.15) is 0 Å². The molecule has 1 aromatic carbocycles. The number of hydrogen-bond acceptors (Lipinski definition) is 12. The Kier molecular flexibility index (Phi) is 16.6. The van der Waals surface area contributed by atoms with Gasteiger partial charge in [0.15, 0.2) is 12.1 Å². The largest absolute Gasteiger partial charge is 0.459 e. The number of aryl methyl sites for hydroxylation is 1. The molecule has 0 bridgehead atoms. The normalized spacial score (nSPS) is 36.2. The molecule has 13 nitrogen and oxygen atoms in total. The molecule has 0 aliphatic carbocycles. The van der Waals surface area contributed by atoms with Crippen LogP contribution in [0.5, 0.6) is 0 Å². The molecule has 0 saturated carbocycles. The summed E-state index contributed by atoms with van der Waals surface area (Å²) in [5.41, 5.74) is -1.05. The number of ketones is 2. The molecule has 2 aliphatic rings. The Labute approximate surface area is 339 Å². The van der Waals surface area contributed by atoms with Crippen LogP contribution in [0.25, 0.3) is 11.3 Å². The first-order valence-corrected chi connectivity index (χ1v) is 20.8. The first-order chi connectivity index (χ1) is 26.9. The molecule has 1 aromatic heterocycles. The maximum Gasteiger partial charge on any atom is 0.316 e. The lowest BCUT2D eigenvalue weighted by molar-refractivity contribution is -0.295. The predicted octanol–water partition coefficient (Wildman–Crippen LogP) is 5.48. The molecule has 2 saturated heterocycles. The Balaban J connectivity index is 1.56. The van der Waals surface area contributed by atoms with Crippen molar-refractivity contribution in [3.05, 3.63) is 42.9 Å². The molecule has 0 amide bonds. The number of rotatable bonds is 13. The van der Waals surface area contributed by atoms with Gasteiger partial charge in [0.2, 0.25) is 0 Å². The molecular weight excluding hydrogens is 730 g/mol. The zero-order chi connectivity index (χ0) is 42.2. The van der Waals surface area contributed by atoms with Crippen LogP contribution >= 0.6 is 0 Å². The van der Waals surface area contributed by atoms with Crippen molar-refractivity contribution < 1.29 is 48.3 Å². The minimum atomic E-state index is -1.77.